The third-order valence-electron chi connectivity index (χ3n) is 9.08. The van der Waals surface area contributed by atoms with Crippen LogP contribution in [0.15, 0.2) is 23.8 Å². The minimum Gasteiger partial charge on any atom is -0.450 e. The number of rotatable bonds is 5. The Kier molecular flexibility index (Phi) is 5.72. The molecule has 0 unspecified atom stereocenters. The maximum absolute atomic E-state index is 17.1. The average molecular weight is 467 g/mol. The maximum Gasteiger partial charge on any atom is 0.306 e. The van der Waals surface area contributed by atoms with Gasteiger partial charge in [0.05, 0.1) is 6.10 Å². The Bertz CT molecular complexity index is 945. The Morgan fingerprint density at radius 1 is 1.27 bits per heavy atom. The van der Waals surface area contributed by atoms with Crippen LogP contribution in [0.4, 0.5) is 8.78 Å². The molecule has 0 bridgehead atoms. The van der Waals surface area contributed by atoms with Gasteiger partial charge < -0.3 is 14.9 Å². The largest absolute Gasteiger partial charge is 0.450 e. The molecule has 8 heteroatoms. The van der Waals surface area contributed by atoms with Gasteiger partial charge in [0, 0.05) is 23.2 Å². The highest BCUT2D eigenvalue weighted by atomic mass is 19.1. The molecule has 4 aliphatic carbocycles. The molecule has 2 N–H and O–H groups in total. The first-order chi connectivity index (χ1) is 15.4. The fourth-order valence-corrected chi connectivity index (χ4v) is 7.45. The summed E-state index contributed by atoms with van der Waals surface area (Å²) < 4.78 is 38.3. The number of esters is 1. The normalized spacial score (nSPS) is 46.2. The fourth-order valence-electron chi connectivity index (χ4n) is 7.45. The number of halogens is 2. The van der Waals surface area contributed by atoms with Gasteiger partial charge in [0.25, 0.3) is 0 Å². The van der Waals surface area contributed by atoms with E-state index >= 15 is 8.78 Å². The zero-order valence-corrected chi connectivity index (χ0v) is 19.3. The Morgan fingerprint density at radius 3 is 2.61 bits per heavy atom. The first-order valence-corrected chi connectivity index (χ1v) is 11.7. The predicted octanol–water partition coefficient (Wildman–Crippen LogP) is 2.95. The molecule has 3 saturated carbocycles. The van der Waals surface area contributed by atoms with Crippen molar-refractivity contribution in [2.45, 2.75) is 82.8 Å². The van der Waals surface area contributed by atoms with E-state index in [1.54, 1.807) is 13.8 Å². The van der Waals surface area contributed by atoms with E-state index in [0.717, 1.165) is 6.08 Å². The Morgan fingerprint density at radius 2 is 1.97 bits per heavy atom. The monoisotopic (exact) mass is 466 g/mol. The molecule has 0 aromatic rings. The molecule has 4 aliphatic rings. The summed E-state index contributed by atoms with van der Waals surface area (Å²) in [7, 11) is 0. The molecule has 4 rings (SSSR count). The van der Waals surface area contributed by atoms with Crippen molar-refractivity contribution in [3.05, 3.63) is 23.8 Å². The van der Waals surface area contributed by atoms with E-state index in [4.69, 9.17) is 4.74 Å². The second-order valence-corrected chi connectivity index (χ2v) is 10.5. The molecule has 0 radical (unpaired) electrons. The van der Waals surface area contributed by atoms with E-state index in [1.165, 1.54) is 19.1 Å². The van der Waals surface area contributed by atoms with Crippen LogP contribution in [0.1, 0.15) is 59.3 Å². The van der Waals surface area contributed by atoms with Gasteiger partial charge in [-0.25, -0.2) is 8.78 Å². The number of ether oxygens (including phenoxy) is 1. The van der Waals surface area contributed by atoms with Crippen LogP contribution in [-0.2, 0) is 19.1 Å². The molecule has 0 aromatic heterocycles. The molecule has 182 valence electrons. The molecule has 0 heterocycles. The number of hydrogen-bond acceptors (Lipinski definition) is 6. The molecule has 0 spiro atoms. The number of alkyl halides is 2. The Labute approximate surface area is 192 Å². The van der Waals surface area contributed by atoms with Crippen LogP contribution < -0.4 is 0 Å². The lowest BCUT2D eigenvalue weighted by atomic mass is 9.44. The zero-order valence-electron chi connectivity index (χ0n) is 19.3. The summed E-state index contributed by atoms with van der Waals surface area (Å²) in [6.07, 6.45) is 1.01. The summed E-state index contributed by atoms with van der Waals surface area (Å²) in [5.74, 6) is -3.24. The van der Waals surface area contributed by atoms with Crippen molar-refractivity contribution in [1.82, 2.24) is 0 Å². The summed E-state index contributed by atoms with van der Waals surface area (Å²) in [4.78, 5) is 37.4. The summed E-state index contributed by atoms with van der Waals surface area (Å²) in [5.41, 5.74) is -6.64. The minimum atomic E-state index is -2.27. The van der Waals surface area contributed by atoms with Crippen molar-refractivity contribution in [3.8, 4) is 0 Å². The number of ketones is 2. The van der Waals surface area contributed by atoms with Crippen molar-refractivity contribution in [2.75, 3.05) is 6.61 Å². The lowest BCUT2D eigenvalue weighted by Gasteiger charge is -2.63. The predicted molar refractivity (Wildman–Crippen MR) is 114 cm³/mol. The van der Waals surface area contributed by atoms with Crippen molar-refractivity contribution in [2.24, 2.45) is 22.7 Å². The summed E-state index contributed by atoms with van der Waals surface area (Å²) in [6.45, 7) is 4.13. The van der Waals surface area contributed by atoms with E-state index in [9.17, 15) is 24.6 Å². The second-order valence-electron chi connectivity index (χ2n) is 10.5. The first kappa shape index (κ1) is 24.2. The van der Waals surface area contributed by atoms with Gasteiger partial charge >= 0.3 is 5.97 Å². The number of hydrogen-bond donors (Lipinski definition) is 2. The molecular formula is C25H32F2O6. The van der Waals surface area contributed by atoms with Crippen molar-refractivity contribution in [3.63, 3.8) is 0 Å². The van der Waals surface area contributed by atoms with Crippen LogP contribution in [0.2, 0.25) is 0 Å². The van der Waals surface area contributed by atoms with Gasteiger partial charge in [0.1, 0.15) is 12.8 Å². The highest BCUT2D eigenvalue weighted by Crippen LogP contribution is 2.70. The minimum absolute atomic E-state index is 0.0291. The van der Waals surface area contributed by atoms with Crippen molar-refractivity contribution in [1.29, 1.82) is 0 Å². The molecule has 0 saturated heterocycles. The lowest BCUT2D eigenvalue weighted by molar-refractivity contribution is -0.229. The van der Waals surface area contributed by atoms with Crippen LogP contribution in [0.5, 0.6) is 0 Å². The van der Waals surface area contributed by atoms with E-state index < -0.39 is 70.4 Å². The number of carbonyl (C=O) groups is 3. The Hall–Kier alpha value is -1.93. The summed E-state index contributed by atoms with van der Waals surface area (Å²) in [6, 6.07) is 0. The number of allylic oxidation sites excluding steroid dienone is 4. The van der Waals surface area contributed by atoms with Gasteiger partial charge in [-0.1, -0.05) is 19.9 Å². The smallest absolute Gasteiger partial charge is 0.306 e. The first-order valence-electron chi connectivity index (χ1n) is 11.7. The number of carbonyl (C=O) groups excluding carboxylic acids is 3. The standard InChI is InChI=1S/C25H32F2O6/c1-4-5-21(32)33-24(20(31)13-28)9-7-15-16-11-18(26)17-10-14(29)6-8-22(17,2)25(16,27)19(30)12-23(15,24)3/h6,8,10,15-16,18-19,28,30H,4-5,7,9,11-13H2,1-3H3/t15-,16-,18-,19-,22-,23-,24+,25-/m0/s1. The van der Waals surface area contributed by atoms with E-state index in [2.05, 4.69) is 0 Å². The van der Waals surface area contributed by atoms with Gasteiger partial charge in [-0.05, 0) is 62.7 Å². The number of Topliss-reactive ketones (excluding diaryl/α,β-unsaturated/α-hetero) is 1. The topological polar surface area (TPSA) is 101 Å². The number of fused-ring (bicyclic) bond motifs is 5. The molecule has 3 fully saturated rings. The molecule has 0 amide bonds. The zero-order chi connectivity index (χ0) is 24.4. The lowest BCUT2D eigenvalue weighted by Crippen LogP contribution is -2.70. The van der Waals surface area contributed by atoms with Crippen molar-refractivity contribution < 1.29 is 38.1 Å². The van der Waals surface area contributed by atoms with E-state index in [-0.39, 0.29) is 37.7 Å². The van der Waals surface area contributed by atoms with Crippen LogP contribution in [-0.4, -0.2) is 57.9 Å². The molecule has 33 heavy (non-hydrogen) atoms. The maximum atomic E-state index is 17.1. The van der Waals surface area contributed by atoms with Crippen molar-refractivity contribution >= 4 is 17.5 Å². The molecule has 0 aliphatic heterocycles. The quantitative estimate of drug-likeness (QED) is 0.605. The SMILES string of the molecule is CCCC(=O)O[C@@]1(C(=O)CO)CC[C@H]2[C@@H]3C[C@H](F)C4=CC(=O)C=C[C@]4(C)[C@@]3(F)[C@@H](O)C[C@@]21C. The molecule has 6 nitrogen and oxygen atoms in total. The second kappa shape index (κ2) is 7.80. The average Bonchev–Trinajstić information content (AvgIpc) is 3.04. The molecule has 8 atom stereocenters. The van der Waals surface area contributed by atoms with Gasteiger partial charge in [0.2, 0.25) is 5.78 Å². The van der Waals surface area contributed by atoms with Crippen LogP contribution >= 0.6 is 0 Å². The van der Waals surface area contributed by atoms with Gasteiger partial charge in [0.15, 0.2) is 17.1 Å². The number of aliphatic hydroxyl groups is 2. The van der Waals surface area contributed by atoms with E-state index in [1.807, 2.05) is 0 Å². The fraction of sp³-hybridized carbons (Fsp3) is 0.720. The summed E-state index contributed by atoms with van der Waals surface area (Å²) in [5, 5.41) is 21.0. The molecule has 0 aromatic carbocycles. The van der Waals surface area contributed by atoms with E-state index in [0.29, 0.717) is 6.42 Å². The third-order valence-corrected chi connectivity index (χ3v) is 9.08. The summed E-state index contributed by atoms with van der Waals surface area (Å²) >= 11 is 0. The van der Waals surface area contributed by atoms with Gasteiger partial charge in [-0.2, -0.15) is 0 Å². The van der Waals surface area contributed by atoms with Gasteiger partial charge in [-0.15, -0.1) is 0 Å². The highest BCUT2D eigenvalue weighted by molar-refractivity contribution is 6.01. The number of aliphatic hydroxyl groups excluding tert-OH is 2. The van der Waals surface area contributed by atoms with Crippen LogP contribution in [0.25, 0.3) is 0 Å². The molecular weight excluding hydrogens is 434 g/mol. The Balaban J connectivity index is 1.82. The third kappa shape index (κ3) is 2.99. The highest BCUT2D eigenvalue weighted by Gasteiger charge is 2.76. The van der Waals surface area contributed by atoms with Crippen LogP contribution in [0, 0.1) is 22.7 Å². The van der Waals surface area contributed by atoms with Crippen LogP contribution in [0.3, 0.4) is 0 Å². The van der Waals surface area contributed by atoms with Gasteiger partial charge in [-0.3, -0.25) is 14.4 Å².